The van der Waals surface area contributed by atoms with Crippen molar-refractivity contribution in [2.24, 2.45) is 0 Å². The average Bonchev–Trinajstić information content (AvgIpc) is 3.18. The van der Waals surface area contributed by atoms with Gasteiger partial charge in [0.05, 0.1) is 23.7 Å². The Balaban J connectivity index is 1.74. The van der Waals surface area contributed by atoms with E-state index in [1.54, 1.807) is 35.7 Å². The fourth-order valence-corrected chi connectivity index (χ4v) is 3.53. The van der Waals surface area contributed by atoms with Crippen molar-refractivity contribution >= 4 is 45.7 Å². The maximum atomic E-state index is 14.1. The summed E-state index contributed by atoms with van der Waals surface area (Å²) in [6, 6.07) is 13.1. The van der Waals surface area contributed by atoms with Crippen LogP contribution in [0.5, 0.6) is 5.75 Å². The van der Waals surface area contributed by atoms with Gasteiger partial charge in [0.1, 0.15) is 11.6 Å². The van der Waals surface area contributed by atoms with Crippen LogP contribution >= 0.6 is 11.3 Å². The molecule has 8 heteroatoms. The van der Waals surface area contributed by atoms with Crippen LogP contribution in [0.3, 0.4) is 0 Å². The monoisotopic (exact) mass is 425 g/mol. The van der Waals surface area contributed by atoms with Gasteiger partial charge in [0.15, 0.2) is 5.13 Å². The van der Waals surface area contributed by atoms with Crippen molar-refractivity contribution in [3.63, 3.8) is 0 Å². The molecule has 0 radical (unpaired) electrons. The Kier molecular flexibility index (Phi) is 6.92. The van der Waals surface area contributed by atoms with Gasteiger partial charge in [-0.3, -0.25) is 14.5 Å². The number of ether oxygens (including phenoxy) is 1. The highest BCUT2D eigenvalue weighted by atomic mass is 32.1. The molecular formula is C22H20FN3O3S. The molecule has 0 fully saturated rings. The Hall–Kier alpha value is -3.52. The molecule has 0 aliphatic heterocycles. The fourth-order valence-electron chi connectivity index (χ4n) is 2.68. The first-order valence-electron chi connectivity index (χ1n) is 9.21. The number of para-hydroxylation sites is 3. The highest BCUT2D eigenvalue weighted by Crippen LogP contribution is 2.31. The molecule has 0 aliphatic rings. The largest absolute Gasteiger partial charge is 0.492 e. The molecule has 0 unspecified atom stereocenters. The molecule has 2 aromatic carbocycles. The third kappa shape index (κ3) is 5.09. The first-order chi connectivity index (χ1) is 14.5. The molecule has 0 saturated heterocycles. The van der Waals surface area contributed by atoms with Gasteiger partial charge in [-0.1, -0.05) is 24.3 Å². The molecule has 154 valence electrons. The number of carbonyl (C=O) groups excluding carboxylic acids is 2. The molecule has 0 saturated carbocycles. The van der Waals surface area contributed by atoms with Gasteiger partial charge >= 0.3 is 0 Å². The van der Waals surface area contributed by atoms with Crippen LogP contribution in [-0.4, -0.2) is 23.4 Å². The summed E-state index contributed by atoms with van der Waals surface area (Å²) >= 11 is 1.18. The van der Waals surface area contributed by atoms with E-state index < -0.39 is 5.82 Å². The third-order valence-corrected chi connectivity index (χ3v) is 4.80. The number of nitrogens with one attached hydrogen (secondary N) is 1. The molecular weight excluding hydrogens is 405 g/mol. The van der Waals surface area contributed by atoms with Crippen molar-refractivity contribution in [2.75, 3.05) is 16.8 Å². The van der Waals surface area contributed by atoms with Gasteiger partial charge in [0.25, 0.3) is 0 Å². The zero-order valence-corrected chi connectivity index (χ0v) is 17.3. The van der Waals surface area contributed by atoms with Gasteiger partial charge in [-0.05, 0) is 37.3 Å². The number of thiazole rings is 1. The van der Waals surface area contributed by atoms with Crippen molar-refractivity contribution < 1.29 is 18.7 Å². The van der Waals surface area contributed by atoms with Gasteiger partial charge in [-0.2, -0.15) is 0 Å². The maximum Gasteiger partial charge on any atom is 0.248 e. The number of halogens is 1. The Labute approximate surface area is 177 Å². The summed E-state index contributed by atoms with van der Waals surface area (Å²) in [5.41, 5.74) is 1.17. The van der Waals surface area contributed by atoms with E-state index in [0.29, 0.717) is 28.9 Å². The van der Waals surface area contributed by atoms with Crippen molar-refractivity contribution in [1.29, 1.82) is 0 Å². The summed E-state index contributed by atoms with van der Waals surface area (Å²) in [5.74, 6) is -0.656. The zero-order valence-electron chi connectivity index (χ0n) is 16.5. The van der Waals surface area contributed by atoms with Crippen molar-refractivity contribution in [3.05, 3.63) is 71.5 Å². The van der Waals surface area contributed by atoms with E-state index in [-0.39, 0.29) is 17.5 Å². The standard InChI is InChI=1S/C22H20FN3O3S/c1-3-29-20-11-7-5-9-18(20)25-21(28)13-12-16-14-30-22(24-16)26(15(2)27)19-10-6-4-8-17(19)23/h4-14H,3H2,1-2H3,(H,25,28)/b13-12+. The molecule has 1 aromatic heterocycles. The normalized spacial score (nSPS) is 10.8. The van der Waals surface area contributed by atoms with E-state index in [1.807, 2.05) is 13.0 Å². The number of nitrogens with zero attached hydrogens (tertiary/aromatic N) is 2. The van der Waals surface area contributed by atoms with Crippen LogP contribution in [-0.2, 0) is 9.59 Å². The topological polar surface area (TPSA) is 71.5 Å². The molecule has 2 amide bonds. The molecule has 30 heavy (non-hydrogen) atoms. The second-order valence-electron chi connectivity index (χ2n) is 6.11. The summed E-state index contributed by atoms with van der Waals surface area (Å²) in [4.78, 5) is 29.9. The molecule has 0 bridgehead atoms. The van der Waals surface area contributed by atoms with Gasteiger partial charge in [0.2, 0.25) is 11.8 Å². The zero-order chi connectivity index (χ0) is 21.5. The quantitative estimate of drug-likeness (QED) is 0.540. The maximum absolute atomic E-state index is 14.1. The summed E-state index contributed by atoms with van der Waals surface area (Å²) in [6.07, 6.45) is 2.86. The van der Waals surface area contributed by atoms with Crippen LogP contribution in [0.4, 0.5) is 20.9 Å². The van der Waals surface area contributed by atoms with E-state index >= 15 is 0 Å². The van der Waals surface area contributed by atoms with Crippen molar-refractivity contribution in [1.82, 2.24) is 4.98 Å². The number of hydrogen-bond acceptors (Lipinski definition) is 5. The number of carbonyl (C=O) groups is 2. The molecule has 3 aromatic rings. The van der Waals surface area contributed by atoms with E-state index in [9.17, 15) is 14.0 Å². The highest BCUT2D eigenvalue weighted by Gasteiger charge is 2.20. The Morgan fingerprint density at radius 2 is 1.93 bits per heavy atom. The Bertz CT molecular complexity index is 1080. The first-order valence-corrected chi connectivity index (χ1v) is 10.1. The van der Waals surface area contributed by atoms with Gasteiger partial charge in [-0.15, -0.1) is 11.3 Å². The van der Waals surface area contributed by atoms with Crippen LogP contribution in [0.25, 0.3) is 6.08 Å². The predicted octanol–water partition coefficient (Wildman–Crippen LogP) is 5.02. The highest BCUT2D eigenvalue weighted by molar-refractivity contribution is 7.14. The van der Waals surface area contributed by atoms with Crippen LogP contribution in [0, 0.1) is 5.82 Å². The number of aromatic nitrogens is 1. The number of anilines is 3. The summed E-state index contributed by atoms with van der Waals surface area (Å²) in [7, 11) is 0. The van der Waals surface area contributed by atoms with E-state index in [2.05, 4.69) is 10.3 Å². The van der Waals surface area contributed by atoms with E-state index in [0.717, 1.165) is 0 Å². The van der Waals surface area contributed by atoms with Crippen molar-refractivity contribution in [2.45, 2.75) is 13.8 Å². The van der Waals surface area contributed by atoms with Gasteiger partial charge in [0, 0.05) is 18.4 Å². The van der Waals surface area contributed by atoms with Gasteiger partial charge < -0.3 is 10.1 Å². The first kappa shape index (κ1) is 21.2. The summed E-state index contributed by atoms with van der Waals surface area (Å²) in [5, 5.41) is 4.76. The fraction of sp³-hybridized carbons (Fsp3) is 0.136. The smallest absolute Gasteiger partial charge is 0.248 e. The second kappa shape index (κ2) is 9.80. The number of benzene rings is 2. The van der Waals surface area contributed by atoms with Crippen LogP contribution in [0.1, 0.15) is 19.5 Å². The summed E-state index contributed by atoms with van der Waals surface area (Å²) in [6.45, 7) is 3.69. The lowest BCUT2D eigenvalue weighted by Crippen LogP contribution is -2.23. The molecule has 0 aliphatic carbocycles. The molecule has 1 heterocycles. The molecule has 3 rings (SSSR count). The second-order valence-corrected chi connectivity index (χ2v) is 6.95. The molecule has 6 nitrogen and oxygen atoms in total. The minimum Gasteiger partial charge on any atom is -0.492 e. The Morgan fingerprint density at radius 3 is 2.67 bits per heavy atom. The average molecular weight is 425 g/mol. The Morgan fingerprint density at radius 1 is 1.20 bits per heavy atom. The lowest BCUT2D eigenvalue weighted by atomic mass is 10.3. The minimum atomic E-state index is -0.521. The van der Waals surface area contributed by atoms with Gasteiger partial charge in [-0.25, -0.2) is 9.37 Å². The van der Waals surface area contributed by atoms with Crippen LogP contribution in [0.2, 0.25) is 0 Å². The van der Waals surface area contributed by atoms with Crippen LogP contribution in [0.15, 0.2) is 60.0 Å². The number of amides is 2. The molecule has 1 N–H and O–H groups in total. The van der Waals surface area contributed by atoms with Crippen molar-refractivity contribution in [3.8, 4) is 5.75 Å². The van der Waals surface area contributed by atoms with E-state index in [4.69, 9.17) is 4.74 Å². The number of hydrogen-bond donors (Lipinski definition) is 1. The lowest BCUT2D eigenvalue weighted by molar-refractivity contribution is -0.116. The van der Waals surface area contributed by atoms with E-state index in [1.165, 1.54) is 47.4 Å². The number of rotatable bonds is 7. The summed E-state index contributed by atoms with van der Waals surface area (Å²) < 4.78 is 19.6. The molecule has 0 atom stereocenters. The minimum absolute atomic E-state index is 0.125. The predicted molar refractivity (Wildman–Crippen MR) is 117 cm³/mol. The SMILES string of the molecule is CCOc1ccccc1NC(=O)/C=C/c1csc(N(C(C)=O)c2ccccc2F)n1. The lowest BCUT2D eigenvalue weighted by Gasteiger charge is -2.18. The third-order valence-electron chi connectivity index (χ3n) is 3.96. The molecule has 0 spiro atoms. The van der Waals surface area contributed by atoms with Crippen LogP contribution < -0.4 is 15.0 Å².